The van der Waals surface area contributed by atoms with Gasteiger partial charge >= 0.3 is 0 Å². The minimum absolute atomic E-state index is 0.0475. The molecule has 2 aliphatic rings. The van der Waals surface area contributed by atoms with Crippen LogP contribution in [0.5, 0.6) is 0 Å². The number of hydrogen-bond donors (Lipinski definition) is 1. The molecular formula is C24H26N6O. The van der Waals surface area contributed by atoms with Crippen molar-refractivity contribution in [2.45, 2.75) is 6.42 Å². The summed E-state index contributed by atoms with van der Waals surface area (Å²) in [6.07, 6.45) is 2.31. The second-order valence-electron chi connectivity index (χ2n) is 7.68. The number of nitriles is 1. The molecule has 0 aliphatic carbocycles. The third-order valence-electron chi connectivity index (χ3n) is 5.66. The van der Waals surface area contributed by atoms with Crippen LogP contribution in [0.2, 0.25) is 0 Å². The second kappa shape index (κ2) is 9.45. The Labute approximate surface area is 182 Å². The van der Waals surface area contributed by atoms with E-state index in [1.807, 2.05) is 59.5 Å². The van der Waals surface area contributed by atoms with Gasteiger partial charge in [-0.05, 0) is 29.8 Å². The molecule has 2 heterocycles. The first-order chi connectivity index (χ1) is 15.2. The average molecular weight is 415 g/mol. The van der Waals surface area contributed by atoms with Crippen LogP contribution >= 0.6 is 0 Å². The maximum Gasteiger partial charge on any atom is 0.253 e. The molecule has 0 bridgehead atoms. The Morgan fingerprint density at radius 1 is 1.03 bits per heavy atom. The summed E-state index contributed by atoms with van der Waals surface area (Å²) in [6, 6.07) is 19.9. The monoisotopic (exact) mass is 414 g/mol. The van der Waals surface area contributed by atoms with Gasteiger partial charge in [-0.1, -0.05) is 30.3 Å². The number of hydrogen-bond acceptors (Lipinski definition) is 6. The van der Waals surface area contributed by atoms with E-state index in [0.29, 0.717) is 37.5 Å². The van der Waals surface area contributed by atoms with Gasteiger partial charge in [-0.3, -0.25) is 9.69 Å². The Hall–Kier alpha value is -3.63. The number of anilines is 1. The molecule has 2 aliphatic heterocycles. The summed E-state index contributed by atoms with van der Waals surface area (Å²) in [5.41, 5.74) is 9.64. The molecule has 4 rings (SSSR count). The lowest BCUT2D eigenvalue weighted by molar-refractivity contribution is 0.0639. The zero-order valence-corrected chi connectivity index (χ0v) is 17.4. The number of para-hydroxylation sites is 1. The predicted octanol–water partition coefficient (Wildman–Crippen LogP) is 2.53. The number of aliphatic imine (C=N–C) groups is 1. The van der Waals surface area contributed by atoms with Crippen molar-refractivity contribution in [3.05, 3.63) is 71.9 Å². The first-order valence-corrected chi connectivity index (χ1v) is 10.5. The highest BCUT2D eigenvalue weighted by atomic mass is 16.2. The summed E-state index contributed by atoms with van der Waals surface area (Å²) in [7, 11) is 0. The molecule has 0 saturated carbocycles. The summed E-state index contributed by atoms with van der Waals surface area (Å²) in [5.74, 6) is 0.611. The fraction of sp³-hybridized carbons (Fsp3) is 0.292. The molecule has 0 spiro atoms. The molecule has 7 nitrogen and oxygen atoms in total. The Morgan fingerprint density at radius 3 is 2.42 bits per heavy atom. The van der Waals surface area contributed by atoms with Crippen molar-refractivity contribution in [3.8, 4) is 6.07 Å². The summed E-state index contributed by atoms with van der Waals surface area (Å²) in [4.78, 5) is 23.5. The second-order valence-corrected chi connectivity index (χ2v) is 7.68. The third-order valence-corrected chi connectivity index (χ3v) is 5.66. The van der Waals surface area contributed by atoms with Gasteiger partial charge in [0, 0.05) is 50.4 Å². The van der Waals surface area contributed by atoms with E-state index in [-0.39, 0.29) is 5.91 Å². The largest absolute Gasteiger partial charge is 0.386 e. The molecule has 1 amide bonds. The van der Waals surface area contributed by atoms with Crippen molar-refractivity contribution >= 4 is 23.1 Å². The number of amides is 1. The quantitative estimate of drug-likeness (QED) is 0.812. The molecule has 0 atom stereocenters. The molecule has 2 aromatic carbocycles. The molecule has 158 valence electrons. The van der Waals surface area contributed by atoms with Gasteiger partial charge in [0.25, 0.3) is 5.91 Å². The lowest BCUT2D eigenvalue weighted by Gasteiger charge is -2.34. The number of nitrogens with zero attached hydrogens (tertiary/aromatic N) is 5. The topological polar surface area (TPSA) is 89.0 Å². The highest BCUT2D eigenvalue weighted by molar-refractivity contribution is 5.97. The molecule has 7 heteroatoms. The first kappa shape index (κ1) is 20.6. The summed E-state index contributed by atoms with van der Waals surface area (Å²) in [5, 5.41) is 8.74. The maximum atomic E-state index is 12.9. The highest BCUT2D eigenvalue weighted by Crippen LogP contribution is 2.28. The van der Waals surface area contributed by atoms with Crippen LogP contribution in [0.15, 0.2) is 65.8 Å². The van der Waals surface area contributed by atoms with E-state index in [2.05, 4.69) is 20.9 Å². The number of carbonyl (C=O) groups excluding carboxylic acids is 1. The van der Waals surface area contributed by atoms with Crippen LogP contribution in [0.3, 0.4) is 0 Å². The third kappa shape index (κ3) is 4.76. The molecule has 2 N–H and O–H groups in total. The number of nitrogens with two attached hydrogens (primary N) is 1. The number of benzene rings is 2. The lowest BCUT2D eigenvalue weighted by Crippen LogP contribution is -2.48. The molecule has 0 aromatic heterocycles. The summed E-state index contributed by atoms with van der Waals surface area (Å²) in [6.45, 7) is 4.29. The molecule has 31 heavy (non-hydrogen) atoms. The predicted molar refractivity (Wildman–Crippen MR) is 122 cm³/mol. The van der Waals surface area contributed by atoms with Gasteiger partial charge < -0.3 is 15.5 Å². The van der Waals surface area contributed by atoms with E-state index in [1.165, 1.54) is 0 Å². The van der Waals surface area contributed by atoms with Gasteiger partial charge in [-0.15, -0.1) is 0 Å². The van der Waals surface area contributed by atoms with Gasteiger partial charge in [-0.25, -0.2) is 4.99 Å². The van der Waals surface area contributed by atoms with Crippen LogP contribution in [0.1, 0.15) is 22.3 Å². The number of piperazine rings is 1. The number of rotatable bonds is 5. The van der Waals surface area contributed by atoms with E-state index >= 15 is 0 Å². The average Bonchev–Trinajstić information content (AvgIpc) is 2.83. The normalized spacial score (nSPS) is 17.0. The molecular weight excluding hydrogens is 388 g/mol. The zero-order valence-electron chi connectivity index (χ0n) is 17.4. The van der Waals surface area contributed by atoms with Crippen LogP contribution in [-0.2, 0) is 0 Å². The Morgan fingerprint density at radius 2 is 1.74 bits per heavy atom. The number of carbonyl (C=O) groups is 1. The lowest BCUT2D eigenvalue weighted by atomic mass is 10.1. The van der Waals surface area contributed by atoms with Crippen LogP contribution in [-0.4, -0.2) is 60.8 Å². The van der Waals surface area contributed by atoms with Gasteiger partial charge in [-0.2, -0.15) is 5.26 Å². The molecule has 0 unspecified atom stereocenters. The van der Waals surface area contributed by atoms with Crippen molar-refractivity contribution in [3.63, 3.8) is 0 Å². The molecule has 1 fully saturated rings. The van der Waals surface area contributed by atoms with Gasteiger partial charge in [0.15, 0.2) is 0 Å². The van der Waals surface area contributed by atoms with Crippen molar-refractivity contribution in [2.75, 3.05) is 44.2 Å². The Bertz CT molecular complexity index is 1010. The van der Waals surface area contributed by atoms with Crippen molar-refractivity contribution in [1.82, 2.24) is 9.80 Å². The maximum absolute atomic E-state index is 12.9. The van der Waals surface area contributed by atoms with Crippen LogP contribution in [0.25, 0.3) is 5.70 Å². The van der Waals surface area contributed by atoms with Gasteiger partial charge in [0.05, 0.1) is 24.5 Å². The zero-order chi connectivity index (χ0) is 21.6. The fourth-order valence-corrected chi connectivity index (χ4v) is 3.92. The number of amidine groups is 1. The smallest absolute Gasteiger partial charge is 0.253 e. The SMILES string of the molecule is N#CCCN1CCN(C(=O)c2ccc(C3=CN=C(N)CN3c3ccccc3)cc2)CC1. The van der Waals surface area contributed by atoms with Crippen LogP contribution in [0, 0.1) is 11.3 Å². The Kier molecular flexibility index (Phi) is 6.29. The van der Waals surface area contributed by atoms with E-state index in [4.69, 9.17) is 11.0 Å². The molecule has 1 saturated heterocycles. The highest BCUT2D eigenvalue weighted by Gasteiger charge is 2.23. The van der Waals surface area contributed by atoms with E-state index < -0.39 is 0 Å². The van der Waals surface area contributed by atoms with Crippen molar-refractivity contribution in [2.24, 2.45) is 10.7 Å². The minimum atomic E-state index is 0.0475. The van der Waals surface area contributed by atoms with E-state index in [9.17, 15) is 4.79 Å². The van der Waals surface area contributed by atoms with Gasteiger partial charge in [0.1, 0.15) is 5.84 Å². The standard InChI is InChI=1S/C24H26N6O/c25-11-4-12-28-13-15-29(16-14-28)24(31)20-9-7-19(8-10-20)22-17-27-23(26)18-30(22)21-5-2-1-3-6-21/h1-3,5-10,17H,4,12-16,18H2,(H2,26,27). The molecule has 2 aromatic rings. The van der Waals surface area contributed by atoms with Crippen LogP contribution < -0.4 is 10.6 Å². The fourth-order valence-electron chi connectivity index (χ4n) is 3.92. The minimum Gasteiger partial charge on any atom is -0.386 e. The summed E-state index contributed by atoms with van der Waals surface area (Å²) >= 11 is 0. The van der Waals surface area contributed by atoms with Crippen LogP contribution in [0.4, 0.5) is 5.69 Å². The van der Waals surface area contributed by atoms with Crippen molar-refractivity contribution in [1.29, 1.82) is 5.26 Å². The van der Waals surface area contributed by atoms with E-state index in [0.717, 1.165) is 36.6 Å². The van der Waals surface area contributed by atoms with Crippen molar-refractivity contribution < 1.29 is 4.79 Å². The molecule has 0 radical (unpaired) electrons. The first-order valence-electron chi connectivity index (χ1n) is 10.5. The van der Waals surface area contributed by atoms with E-state index in [1.54, 1.807) is 6.20 Å². The summed E-state index contributed by atoms with van der Waals surface area (Å²) < 4.78 is 0. The van der Waals surface area contributed by atoms with Gasteiger partial charge in [0.2, 0.25) is 0 Å². The Balaban J connectivity index is 1.46.